The molecule has 206 valence electrons. The smallest absolute Gasteiger partial charge is 0.301 e. The average Bonchev–Trinajstić information content (AvgIpc) is 3.46. The molecule has 0 radical (unpaired) electrons. The lowest BCUT2D eigenvalue weighted by atomic mass is 9.95. The van der Waals surface area contributed by atoms with Gasteiger partial charge in [-0.15, -0.1) is 0 Å². The van der Waals surface area contributed by atoms with E-state index in [0.29, 0.717) is 40.1 Å². The Morgan fingerprint density at radius 3 is 2.55 bits per heavy atom. The van der Waals surface area contributed by atoms with Crippen LogP contribution in [0, 0.1) is 11.7 Å². The number of aliphatic hydroxyl groups is 1. The summed E-state index contributed by atoms with van der Waals surface area (Å²) >= 11 is 7.36. The number of nitrogens with zero attached hydrogens (tertiary/aromatic N) is 2. The summed E-state index contributed by atoms with van der Waals surface area (Å²) < 4.78 is 25.9. The maximum absolute atomic E-state index is 13.6. The van der Waals surface area contributed by atoms with Crippen molar-refractivity contribution in [3.05, 3.63) is 88.2 Å². The van der Waals surface area contributed by atoms with Crippen LogP contribution < -0.4 is 14.4 Å². The molecular formula is C30H26ClFN2O5S. The molecule has 10 heteroatoms. The number of amides is 1. The number of benzene rings is 3. The molecule has 2 heterocycles. The zero-order chi connectivity index (χ0) is 28.6. The number of hydrogen-bond acceptors (Lipinski definition) is 7. The second-order valence-corrected chi connectivity index (χ2v) is 11.2. The molecule has 1 N–H and O–H groups in total. The number of thiazole rings is 1. The van der Waals surface area contributed by atoms with Gasteiger partial charge >= 0.3 is 5.91 Å². The molecule has 1 aliphatic rings. The minimum Gasteiger partial charge on any atom is -0.507 e. The third-order valence-electron chi connectivity index (χ3n) is 6.56. The highest BCUT2D eigenvalue weighted by atomic mass is 35.5. The van der Waals surface area contributed by atoms with Gasteiger partial charge < -0.3 is 14.6 Å². The van der Waals surface area contributed by atoms with Gasteiger partial charge in [0.2, 0.25) is 0 Å². The first-order chi connectivity index (χ1) is 19.2. The molecule has 1 atom stereocenters. The zero-order valence-corrected chi connectivity index (χ0v) is 23.6. The average molecular weight is 581 g/mol. The standard InChI is InChI=1S/C30H26ClFN2O5S/c1-16(2)12-13-39-22-11-6-18(14-23(22)38-3)26-25(27(35)17-4-8-20(32)9-5-17)28(36)29(37)34(26)30-33-21-10-7-19(31)15-24(21)40-30/h4-11,14-16,26,35H,12-13H2,1-3H3. The maximum atomic E-state index is 13.6. The van der Waals surface area contributed by atoms with Crippen molar-refractivity contribution >= 4 is 55.7 Å². The first kappa shape index (κ1) is 27.6. The molecule has 0 saturated carbocycles. The Balaban J connectivity index is 1.66. The van der Waals surface area contributed by atoms with Crippen LogP contribution in [0.2, 0.25) is 5.02 Å². The van der Waals surface area contributed by atoms with E-state index >= 15 is 0 Å². The van der Waals surface area contributed by atoms with Crippen molar-refractivity contribution in [2.75, 3.05) is 18.6 Å². The largest absolute Gasteiger partial charge is 0.507 e. The molecule has 1 aromatic heterocycles. The summed E-state index contributed by atoms with van der Waals surface area (Å²) in [4.78, 5) is 32.8. The summed E-state index contributed by atoms with van der Waals surface area (Å²) in [7, 11) is 1.50. The Labute approximate surface area is 239 Å². The van der Waals surface area contributed by atoms with E-state index in [1.165, 1.54) is 47.6 Å². The topological polar surface area (TPSA) is 89.0 Å². The Hall–Kier alpha value is -3.95. The SMILES string of the molecule is COc1cc(C2C(=C(O)c3ccc(F)cc3)C(=O)C(=O)N2c2nc3ccc(Cl)cc3s2)ccc1OCCC(C)C. The quantitative estimate of drug-likeness (QED) is 0.135. The molecule has 4 aromatic rings. The molecule has 1 fully saturated rings. The first-order valence-corrected chi connectivity index (χ1v) is 13.8. The van der Waals surface area contributed by atoms with Crippen LogP contribution in [0.5, 0.6) is 11.5 Å². The molecule has 0 aliphatic carbocycles. The second kappa shape index (κ2) is 11.3. The fraction of sp³-hybridized carbons (Fsp3) is 0.233. The number of methoxy groups -OCH3 is 1. The predicted octanol–water partition coefficient (Wildman–Crippen LogP) is 7.15. The van der Waals surface area contributed by atoms with Crippen molar-refractivity contribution in [3.63, 3.8) is 0 Å². The highest BCUT2D eigenvalue weighted by Gasteiger charge is 2.48. The van der Waals surface area contributed by atoms with Crippen LogP contribution in [0.3, 0.4) is 0 Å². The van der Waals surface area contributed by atoms with E-state index in [9.17, 15) is 19.1 Å². The van der Waals surface area contributed by atoms with Gasteiger partial charge in [-0.3, -0.25) is 14.5 Å². The van der Waals surface area contributed by atoms with Crippen LogP contribution >= 0.6 is 22.9 Å². The van der Waals surface area contributed by atoms with E-state index in [0.717, 1.165) is 11.1 Å². The summed E-state index contributed by atoms with van der Waals surface area (Å²) in [6.45, 7) is 4.69. The van der Waals surface area contributed by atoms with E-state index in [1.54, 1.807) is 36.4 Å². The van der Waals surface area contributed by atoms with Crippen molar-refractivity contribution < 1.29 is 28.6 Å². The van der Waals surface area contributed by atoms with Gasteiger partial charge in [0.1, 0.15) is 11.6 Å². The van der Waals surface area contributed by atoms with E-state index in [1.807, 2.05) is 0 Å². The summed E-state index contributed by atoms with van der Waals surface area (Å²) in [5.74, 6) is -1.29. The monoisotopic (exact) mass is 580 g/mol. The summed E-state index contributed by atoms with van der Waals surface area (Å²) in [6, 6.07) is 14.3. The van der Waals surface area contributed by atoms with E-state index in [4.69, 9.17) is 21.1 Å². The van der Waals surface area contributed by atoms with Crippen LogP contribution in [-0.2, 0) is 9.59 Å². The summed E-state index contributed by atoms with van der Waals surface area (Å²) in [6.07, 6.45) is 0.852. The molecule has 7 nitrogen and oxygen atoms in total. The highest BCUT2D eigenvalue weighted by molar-refractivity contribution is 7.22. The van der Waals surface area contributed by atoms with E-state index < -0.39 is 29.3 Å². The molecule has 1 unspecified atom stereocenters. The van der Waals surface area contributed by atoms with Crippen LogP contribution in [0.4, 0.5) is 9.52 Å². The molecule has 40 heavy (non-hydrogen) atoms. The van der Waals surface area contributed by atoms with Gasteiger partial charge in [0.15, 0.2) is 16.6 Å². The van der Waals surface area contributed by atoms with E-state index in [-0.39, 0.29) is 16.3 Å². The van der Waals surface area contributed by atoms with Crippen LogP contribution in [0.25, 0.3) is 16.0 Å². The van der Waals surface area contributed by atoms with Crippen molar-refractivity contribution in [2.24, 2.45) is 5.92 Å². The first-order valence-electron chi connectivity index (χ1n) is 12.6. The molecule has 1 amide bonds. The number of rotatable bonds is 8. The lowest BCUT2D eigenvalue weighted by Crippen LogP contribution is -2.29. The number of fused-ring (bicyclic) bond motifs is 1. The number of ether oxygens (including phenoxy) is 2. The molecule has 5 rings (SSSR count). The zero-order valence-electron chi connectivity index (χ0n) is 22.0. The number of anilines is 1. The number of halogens is 2. The fourth-order valence-corrected chi connectivity index (χ4v) is 5.74. The van der Waals surface area contributed by atoms with Gasteiger partial charge in [0.25, 0.3) is 5.78 Å². The van der Waals surface area contributed by atoms with Crippen molar-refractivity contribution in [1.29, 1.82) is 0 Å². The molecular weight excluding hydrogens is 555 g/mol. The molecule has 0 spiro atoms. The Bertz CT molecular complexity index is 1630. The van der Waals surface area contributed by atoms with Crippen molar-refractivity contribution in [1.82, 2.24) is 4.98 Å². The van der Waals surface area contributed by atoms with Gasteiger partial charge in [-0.25, -0.2) is 9.37 Å². The van der Waals surface area contributed by atoms with Gasteiger partial charge in [0.05, 0.1) is 35.5 Å². The summed E-state index contributed by atoms with van der Waals surface area (Å²) in [5, 5.41) is 12.1. The van der Waals surface area contributed by atoms with Gasteiger partial charge in [-0.2, -0.15) is 0 Å². The van der Waals surface area contributed by atoms with Crippen LogP contribution in [0.15, 0.2) is 66.2 Å². The van der Waals surface area contributed by atoms with Gasteiger partial charge in [-0.1, -0.05) is 42.9 Å². The van der Waals surface area contributed by atoms with Crippen molar-refractivity contribution in [2.45, 2.75) is 26.3 Å². The number of aromatic nitrogens is 1. The third-order valence-corrected chi connectivity index (χ3v) is 7.82. The van der Waals surface area contributed by atoms with Crippen LogP contribution in [-0.4, -0.2) is 35.5 Å². The van der Waals surface area contributed by atoms with Crippen molar-refractivity contribution in [3.8, 4) is 11.5 Å². The minimum atomic E-state index is -1.04. The number of carbonyl (C=O) groups excluding carboxylic acids is 2. The number of ketones is 1. The van der Waals surface area contributed by atoms with Crippen LogP contribution in [0.1, 0.15) is 37.4 Å². The molecule has 3 aromatic carbocycles. The maximum Gasteiger partial charge on any atom is 0.301 e. The summed E-state index contributed by atoms with van der Waals surface area (Å²) in [5.41, 5.74) is 1.15. The number of aliphatic hydroxyl groups excluding tert-OH is 1. The Kier molecular flexibility index (Phi) is 7.78. The fourth-order valence-electron chi connectivity index (χ4n) is 4.48. The highest BCUT2D eigenvalue weighted by Crippen LogP contribution is 2.46. The van der Waals surface area contributed by atoms with Gasteiger partial charge in [0, 0.05) is 10.6 Å². The Morgan fingerprint density at radius 2 is 1.85 bits per heavy atom. The normalized spacial score (nSPS) is 16.8. The molecule has 0 bridgehead atoms. The van der Waals surface area contributed by atoms with Gasteiger partial charge in [-0.05, 0) is 72.5 Å². The minimum absolute atomic E-state index is 0.149. The Morgan fingerprint density at radius 1 is 1.10 bits per heavy atom. The lowest BCUT2D eigenvalue weighted by Gasteiger charge is -2.24. The lowest BCUT2D eigenvalue weighted by molar-refractivity contribution is -0.132. The molecule has 1 saturated heterocycles. The number of hydrogen-bond donors (Lipinski definition) is 1. The third kappa shape index (κ3) is 5.26. The molecule has 1 aliphatic heterocycles. The predicted molar refractivity (Wildman–Crippen MR) is 154 cm³/mol. The van der Waals surface area contributed by atoms with E-state index in [2.05, 4.69) is 18.8 Å². The number of carbonyl (C=O) groups is 2. The number of Topliss-reactive ketones (excluding diaryl/α,β-unsaturated/α-hetero) is 1. The second-order valence-electron chi connectivity index (χ2n) is 9.73.